The molecule has 12 rings (SSSR count). The standard InChI is InChI=1S/C63H73BN2/c1-14-15-16-20-39-32-44-43-34-47-49(62(10,11)30-28-60(47,6)7)36-52(43)66(40-23-25-45-46(33-40)59(4,5)27-26-58(45,2)3)64-51-35-48-50(63(12,13)31-29-61(48,8)9)37-53(51)65-56-41-21-18-17-19-38(41)22-24-42(56)54(39)57(65)55(44)64/h17-19,21-25,32-37H,14-16,20,26-31H2,1-13H3. The summed E-state index contributed by atoms with van der Waals surface area (Å²) in [6, 6.07) is 35.4. The number of nitrogens with zero attached hydrogens (tertiary/aromatic N) is 2. The van der Waals surface area contributed by atoms with Gasteiger partial charge in [0, 0.05) is 38.8 Å². The molecular weight excluding hydrogens is 796 g/mol. The van der Waals surface area contributed by atoms with Crippen molar-refractivity contribution in [3.63, 3.8) is 0 Å². The van der Waals surface area contributed by atoms with Gasteiger partial charge in [-0.25, -0.2) is 0 Å². The highest BCUT2D eigenvalue weighted by Gasteiger charge is 2.49. The number of hydrogen-bond donors (Lipinski definition) is 0. The fraction of sp³-hybridized carbons (Fsp3) is 0.460. The molecule has 0 saturated heterocycles. The number of fused-ring (bicyclic) bond motifs is 13. The van der Waals surface area contributed by atoms with Gasteiger partial charge >= 0.3 is 6.85 Å². The van der Waals surface area contributed by atoms with Crippen LogP contribution in [0, 0.1) is 0 Å². The summed E-state index contributed by atoms with van der Waals surface area (Å²) in [6.45, 7) is 32.4. The molecule has 2 aliphatic heterocycles. The average Bonchev–Trinajstić information content (AvgIpc) is 3.64. The Labute approximate surface area is 396 Å². The number of benzene rings is 6. The van der Waals surface area contributed by atoms with Crippen molar-refractivity contribution in [2.24, 2.45) is 0 Å². The van der Waals surface area contributed by atoms with Gasteiger partial charge in [0.15, 0.2) is 0 Å². The zero-order valence-electron chi connectivity index (χ0n) is 42.6. The molecule has 6 aromatic carbocycles. The topological polar surface area (TPSA) is 8.17 Å². The van der Waals surface area contributed by atoms with E-state index in [1.807, 2.05) is 0 Å². The lowest BCUT2D eigenvalue weighted by Crippen LogP contribution is -2.61. The van der Waals surface area contributed by atoms with Gasteiger partial charge in [0.1, 0.15) is 0 Å². The van der Waals surface area contributed by atoms with E-state index >= 15 is 0 Å². The Balaban J connectivity index is 1.30. The molecule has 0 N–H and O–H groups in total. The first-order chi connectivity index (χ1) is 31.2. The zero-order chi connectivity index (χ0) is 46.2. The molecular formula is C63H73BN2. The van der Waals surface area contributed by atoms with Gasteiger partial charge in [-0.2, -0.15) is 0 Å². The maximum absolute atomic E-state index is 2.88. The lowest BCUT2D eigenvalue weighted by Gasteiger charge is -2.48. The molecule has 0 unspecified atom stereocenters. The minimum atomic E-state index is -0.000525. The first-order valence-corrected chi connectivity index (χ1v) is 26.0. The van der Waals surface area contributed by atoms with Gasteiger partial charge in [-0.3, -0.25) is 0 Å². The average molecular weight is 869 g/mol. The Morgan fingerprint density at radius 2 is 1.05 bits per heavy atom. The molecule has 0 radical (unpaired) electrons. The summed E-state index contributed by atoms with van der Waals surface area (Å²) in [5, 5.41) is 5.56. The molecule has 1 aromatic heterocycles. The molecule has 2 nitrogen and oxygen atoms in total. The predicted molar refractivity (Wildman–Crippen MR) is 286 cm³/mol. The molecule has 0 spiro atoms. The Kier molecular flexibility index (Phi) is 8.84. The first-order valence-electron chi connectivity index (χ1n) is 26.0. The minimum Gasteiger partial charge on any atom is -0.376 e. The second-order valence-electron chi connectivity index (χ2n) is 25.9. The minimum absolute atomic E-state index is 0.000525. The SMILES string of the molecule is CCCCCc1cc2c3c4c1c1ccc5ccccc5c1n4-c1cc4c(cc1B3N(c1ccc3c(c1)C(C)(C)CCC3(C)C)c1cc3c(cc1-2)C(C)(C)CCC3(C)C)C(C)(C)CCC4(C)C. The molecule has 0 atom stereocenters. The van der Waals surface area contributed by atoms with Crippen LogP contribution < -0.4 is 15.7 Å². The van der Waals surface area contributed by atoms with Crippen molar-refractivity contribution in [2.75, 3.05) is 4.81 Å². The van der Waals surface area contributed by atoms with Gasteiger partial charge in [0.25, 0.3) is 0 Å². The molecule has 0 fully saturated rings. The monoisotopic (exact) mass is 869 g/mol. The smallest absolute Gasteiger partial charge is 0.333 e. The third-order valence-electron chi connectivity index (χ3n) is 18.8. The largest absolute Gasteiger partial charge is 0.376 e. The van der Waals surface area contributed by atoms with Gasteiger partial charge in [-0.15, -0.1) is 0 Å². The normalized spacial score (nSPS) is 20.7. The van der Waals surface area contributed by atoms with Crippen LogP contribution in [0.1, 0.15) is 187 Å². The number of aromatic nitrogens is 1. The number of unbranched alkanes of at least 4 members (excludes halogenated alkanes) is 2. The molecule has 0 bridgehead atoms. The first kappa shape index (κ1) is 42.6. The van der Waals surface area contributed by atoms with E-state index in [0.717, 1.165) is 6.42 Å². The number of hydrogen-bond acceptors (Lipinski definition) is 1. The molecule has 3 aliphatic carbocycles. The van der Waals surface area contributed by atoms with E-state index in [0.29, 0.717) is 0 Å². The number of rotatable bonds is 5. The molecule has 3 heteroatoms. The Hall–Kier alpha value is -4.76. The summed E-state index contributed by atoms with van der Waals surface area (Å²) in [5.74, 6) is 0. The summed E-state index contributed by atoms with van der Waals surface area (Å²) >= 11 is 0. The van der Waals surface area contributed by atoms with Gasteiger partial charge in [-0.05, 0) is 175 Å². The Morgan fingerprint density at radius 3 is 1.68 bits per heavy atom. The van der Waals surface area contributed by atoms with Gasteiger partial charge < -0.3 is 9.38 Å². The van der Waals surface area contributed by atoms with Crippen molar-refractivity contribution in [3.8, 4) is 16.8 Å². The Bertz CT molecular complexity index is 3230. The molecule has 7 aromatic rings. The van der Waals surface area contributed by atoms with E-state index in [-0.39, 0.29) is 39.3 Å². The van der Waals surface area contributed by atoms with Crippen LogP contribution in [0.4, 0.5) is 11.4 Å². The summed E-state index contributed by atoms with van der Waals surface area (Å²) in [6.07, 6.45) is 12.0. The third-order valence-corrected chi connectivity index (χ3v) is 18.8. The van der Waals surface area contributed by atoms with E-state index in [2.05, 4.69) is 184 Å². The van der Waals surface area contributed by atoms with Crippen LogP contribution in [0.2, 0.25) is 0 Å². The lowest BCUT2D eigenvalue weighted by molar-refractivity contribution is 0.332. The molecule has 0 saturated carbocycles. The highest BCUT2D eigenvalue weighted by Crippen LogP contribution is 2.56. The maximum Gasteiger partial charge on any atom is 0.333 e. The zero-order valence-corrected chi connectivity index (χ0v) is 42.6. The van der Waals surface area contributed by atoms with Crippen molar-refractivity contribution in [2.45, 2.75) is 187 Å². The second-order valence-corrected chi connectivity index (χ2v) is 25.9. The van der Waals surface area contributed by atoms with Crippen molar-refractivity contribution in [1.82, 2.24) is 4.57 Å². The predicted octanol–water partition coefficient (Wildman–Crippen LogP) is 16.0. The molecule has 0 amide bonds. The summed E-state index contributed by atoms with van der Waals surface area (Å²) < 4.78 is 2.81. The van der Waals surface area contributed by atoms with Crippen molar-refractivity contribution < 1.29 is 0 Å². The summed E-state index contributed by atoms with van der Waals surface area (Å²) in [4.78, 5) is 2.88. The van der Waals surface area contributed by atoms with Crippen LogP contribution in [-0.4, -0.2) is 11.4 Å². The second kappa shape index (κ2) is 13.7. The highest BCUT2D eigenvalue weighted by molar-refractivity contribution is 6.93. The molecule has 5 aliphatic rings. The van der Waals surface area contributed by atoms with Crippen LogP contribution in [-0.2, 0) is 38.9 Å². The van der Waals surface area contributed by atoms with Gasteiger partial charge in [0.05, 0.1) is 11.0 Å². The summed E-state index contributed by atoms with van der Waals surface area (Å²) in [5.41, 5.74) is 24.1. The van der Waals surface area contributed by atoms with Crippen LogP contribution in [0.5, 0.6) is 0 Å². The fourth-order valence-electron chi connectivity index (χ4n) is 14.2. The van der Waals surface area contributed by atoms with Gasteiger partial charge in [0.2, 0.25) is 0 Å². The van der Waals surface area contributed by atoms with Crippen molar-refractivity contribution in [3.05, 3.63) is 124 Å². The quantitative estimate of drug-likeness (QED) is 0.124. The maximum atomic E-state index is 2.88. The fourth-order valence-corrected chi connectivity index (χ4v) is 14.2. The van der Waals surface area contributed by atoms with Crippen LogP contribution >= 0.6 is 0 Å². The van der Waals surface area contributed by atoms with Crippen LogP contribution in [0.3, 0.4) is 0 Å². The van der Waals surface area contributed by atoms with Crippen molar-refractivity contribution >= 4 is 61.7 Å². The molecule has 338 valence electrons. The summed E-state index contributed by atoms with van der Waals surface area (Å²) in [7, 11) is 0. The number of anilines is 2. The number of aryl methyl sites for hydroxylation is 1. The van der Waals surface area contributed by atoms with E-state index in [4.69, 9.17) is 0 Å². The Morgan fingerprint density at radius 1 is 0.485 bits per heavy atom. The van der Waals surface area contributed by atoms with Crippen molar-refractivity contribution in [1.29, 1.82) is 0 Å². The van der Waals surface area contributed by atoms with E-state index in [1.165, 1.54) is 152 Å². The lowest BCUT2D eigenvalue weighted by atomic mass is 9.43. The van der Waals surface area contributed by atoms with Gasteiger partial charge in [-0.1, -0.05) is 157 Å². The van der Waals surface area contributed by atoms with Crippen LogP contribution in [0.25, 0.3) is 49.4 Å². The highest BCUT2D eigenvalue weighted by atomic mass is 15.1. The third kappa shape index (κ3) is 5.79. The molecule has 3 heterocycles. The van der Waals surface area contributed by atoms with E-state index in [9.17, 15) is 0 Å². The van der Waals surface area contributed by atoms with Crippen LogP contribution in [0.15, 0.2) is 84.9 Å². The molecule has 66 heavy (non-hydrogen) atoms. The van der Waals surface area contributed by atoms with E-state index < -0.39 is 0 Å². The van der Waals surface area contributed by atoms with E-state index in [1.54, 1.807) is 16.7 Å².